The summed E-state index contributed by atoms with van der Waals surface area (Å²) in [4.78, 5) is 27.0. The highest BCUT2D eigenvalue weighted by atomic mass is 79.9. The molecule has 1 saturated heterocycles. The Hall–Kier alpha value is -2.16. The van der Waals surface area contributed by atoms with Crippen LogP contribution in [0.15, 0.2) is 64.0 Å². The molecule has 2 amide bonds. The number of benzene rings is 3. The van der Waals surface area contributed by atoms with Crippen LogP contribution in [0.3, 0.4) is 0 Å². The van der Waals surface area contributed by atoms with Gasteiger partial charge >= 0.3 is 0 Å². The van der Waals surface area contributed by atoms with Crippen molar-refractivity contribution in [3.05, 3.63) is 90.2 Å². The normalized spacial score (nSPS) is 14.7. The predicted octanol–water partition coefficient (Wildman–Crippen LogP) is 8.63. The highest BCUT2D eigenvalue weighted by molar-refractivity contribution is 9.10. The van der Waals surface area contributed by atoms with Crippen molar-refractivity contribution in [1.29, 1.82) is 0 Å². The summed E-state index contributed by atoms with van der Waals surface area (Å²) < 4.78 is 12.4. The molecule has 0 bridgehead atoms. The van der Waals surface area contributed by atoms with Gasteiger partial charge in [0.05, 0.1) is 27.2 Å². The second-order valence-electron chi connectivity index (χ2n) is 7.28. The first-order valence-electron chi connectivity index (χ1n) is 10.3. The predicted molar refractivity (Wildman–Crippen MR) is 146 cm³/mol. The molecular weight excluding hydrogens is 597 g/mol. The van der Waals surface area contributed by atoms with Crippen LogP contribution in [0.1, 0.15) is 18.1 Å². The van der Waals surface area contributed by atoms with E-state index in [0.717, 1.165) is 22.2 Å². The van der Waals surface area contributed by atoms with Gasteiger partial charge in [-0.05, 0) is 84.4 Å². The fourth-order valence-electron chi connectivity index (χ4n) is 3.25. The number of carbonyl (C=O) groups is 2. The number of amides is 2. The maximum atomic E-state index is 13.0. The van der Waals surface area contributed by atoms with E-state index in [4.69, 9.17) is 44.3 Å². The van der Waals surface area contributed by atoms with Crippen LogP contribution in [0.2, 0.25) is 15.1 Å². The number of hydrogen-bond acceptors (Lipinski definition) is 5. The van der Waals surface area contributed by atoms with Gasteiger partial charge in [0, 0.05) is 9.50 Å². The van der Waals surface area contributed by atoms with E-state index in [9.17, 15) is 9.59 Å². The second kappa shape index (κ2) is 11.3. The first kappa shape index (κ1) is 25.9. The summed E-state index contributed by atoms with van der Waals surface area (Å²) in [6.45, 7) is 2.53. The molecule has 0 N–H and O–H groups in total. The lowest BCUT2D eigenvalue weighted by Gasteiger charge is -2.15. The molecule has 0 atom stereocenters. The van der Waals surface area contributed by atoms with Gasteiger partial charge in [-0.15, -0.1) is 0 Å². The van der Waals surface area contributed by atoms with Gasteiger partial charge in [-0.3, -0.25) is 9.59 Å². The maximum absolute atomic E-state index is 13.0. The number of anilines is 1. The molecule has 0 radical (unpaired) electrons. The molecule has 0 spiro atoms. The van der Waals surface area contributed by atoms with Crippen molar-refractivity contribution in [1.82, 2.24) is 0 Å². The lowest BCUT2D eigenvalue weighted by Crippen LogP contribution is -2.27. The van der Waals surface area contributed by atoms with E-state index in [1.54, 1.807) is 54.6 Å². The quantitative estimate of drug-likeness (QED) is 0.250. The second-order valence-corrected chi connectivity index (χ2v) is 10.4. The summed E-state index contributed by atoms with van der Waals surface area (Å²) in [6, 6.07) is 15.3. The zero-order chi connectivity index (χ0) is 25.1. The summed E-state index contributed by atoms with van der Waals surface area (Å²) in [7, 11) is 0. The van der Waals surface area contributed by atoms with Crippen LogP contribution in [0.5, 0.6) is 11.5 Å². The Morgan fingerprint density at radius 3 is 2.34 bits per heavy atom. The molecule has 1 heterocycles. The fraction of sp³-hybridized carbons (Fsp3) is 0.120. The number of nitrogens with zero attached hydrogens (tertiary/aromatic N) is 1. The van der Waals surface area contributed by atoms with E-state index >= 15 is 0 Å². The van der Waals surface area contributed by atoms with Crippen LogP contribution in [-0.2, 0) is 11.4 Å². The molecule has 1 aliphatic heterocycles. The van der Waals surface area contributed by atoms with Crippen molar-refractivity contribution < 1.29 is 19.1 Å². The number of thioether (sulfide) groups is 1. The van der Waals surface area contributed by atoms with Crippen molar-refractivity contribution in [3.63, 3.8) is 0 Å². The average molecular weight is 614 g/mol. The minimum atomic E-state index is -0.410. The monoisotopic (exact) mass is 611 g/mol. The average Bonchev–Trinajstić information content (AvgIpc) is 3.10. The van der Waals surface area contributed by atoms with Gasteiger partial charge in [0.2, 0.25) is 0 Å². The first-order chi connectivity index (χ1) is 16.8. The Kier molecular flexibility index (Phi) is 8.34. The van der Waals surface area contributed by atoms with Gasteiger partial charge in [-0.25, -0.2) is 4.90 Å². The number of imide groups is 1. The van der Waals surface area contributed by atoms with Crippen LogP contribution in [-0.4, -0.2) is 17.8 Å². The van der Waals surface area contributed by atoms with E-state index in [1.807, 2.05) is 13.0 Å². The summed E-state index contributed by atoms with van der Waals surface area (Å²) in [5.74, 6) is 0.599. The standard InChI is InChI=1S/C25H17BrCl3NO4S/c1-2-33-21-10-15(18(26)12-22(21)34-13-14-3-8-19(28)20(29)9-14)11-23-24(31)30(25(32)35-23)17-6-4-16(27)5-7-17/h3-12H,2,13H2,1H3/b23-11+. The first-order valence-corrected chi connectivity index (χ1v) is 13.1. The summed E-state index contributed by atoms with van der Waals surface area (Å²) >= 11 is 22.4. The van der Waals surface area contributed by atoms with Gasteiger partial charge in [0.15, 0.2) is 11.5 Å². The molecular formula is C25H17BrCl3NO4S. The summed E-state index contributed by atoms with van der Waals surface area (Å²) in [6.07, 6.45) is 1.65. The highest BCUT2D eigenvalue weighted by Crippen LogP contribution is 2.40. The largest absolute Gasteiger partial charge is 0.490 e. The lowest BCUT2D eigenvalue weighted by atomic mass is 10.1. The summed E-state index contributed by atoms with van der Waals surface area (Å²) in [5, 5.41) is 1.05. The molecule has 1 fully saturated rings. The maximum Gasteiger partial charge on any atom is 0.298 e. The molecule has 0 unspecified atom stereocenters. The van der Waals surface area contributed by atoms with Crippen molar-refractivity contribution in [2.24, 2.45) is 0 Å². The minimum absolute atomic E-state index is 0.253. The molecule has 5 nitrogen and oxygen atoms in total. The molecule has 0 saturated carbocycles. The van der Waals surface area contributed by atoms with Crippen LogP contribution >= 0.6 is 62.5 Å². The Bertz CT molecular complexity index is 1330. The SMILES string of the molecule is CCOc1cc(/C=C2/SC(=O)N(c3ccc(Cl)cc3)C2=O)c(Br)cc1OCc1ccc(Cl)c(Cl)c1. The van der Waals surface area contributed by atoms with Crippen LogP contribution in [0, 0.1) is 0 Å². The minimum Gasteiger partial charge on any atom is -0.490 e. The zero-order valence-corrected chi connectivity index (χ0v) is 22.9. The molecule has 1 aliphatic rings. The molecule has 10 heteroatoms. The fourth-order valence-corrected chi connectivity index (χ4v) is 4.97. The van der Waals surface area contributed by atoms with E-state index in [0.29, 0.717) is 48.9 Å². The van der Waals surface area contributed by atoms with Crippen LogP contribution in [0.25, 0.3) is 6.08 Å². The Labute approximate surface area is 230 Å². The number of rotatable bonds is 7. The number of carbonyl (C=O) groups excluding carboxylic acids is 2. The van der Waals surface area contributed by atoms with Crippen molar-refractivity contribution in [2.45, 2.75) is 13.5 Å². The molecule has 3 aromatic carbocycles. The van der Waals surface area contributed by atoms with Gasteiger partial charge in [0.1, 0.15) is 6.61 Å². The lowest BCUT2D eigenvalue weighted by molar-refractivity contribution is -0.113. The number of ether oxygens (including phenoxy) is 2. The third-order valence-electron chi connectivity index (χ3n) is 4.91. The zero-order valence-electron chi connectivity index (χ0n) is 18.2. The molecule has 180 valence electrons. The third kappa shape index (κ3) is 5.98. The van der Waals surface area contributed by atoms with Crippen molar-refractivity contribution >= 4 is 85.4 Å². The van der Waals surface area contributed by atoms with Gasteiger partial charge in [-0.2, -0.15) is 0 Å². The van der Waals surface area contributed by atoms with E-state index in [2.05, 4.69) is 15.9 Å². The number of hydrogen-bond donors (Lipinski definition) is 0. The smallest absolute Gasteiger partial charge is 0.298 e. The highest BCUT2D eigenvalue weighted by Gasteiger charge is 2.36. The third-order valence-corrected chi connectivity index (χ3v) is 7.45. The van der Waals surface area contributed by atoms with Gasteiger partial charge < -0.3 is 9.47 Å². The van der Waals surface area contributed by atoms with Gasteiger partial charge in [-0.1, -0.05) is 56.8 Å². The van der Waals surface area contributed by atoms with E-state index in [-0.39, 0.29) is 16.8 Å². The van der Waals surface area contributed by atoms with Crippen LogP contribution < -0.4 is 14.4 Å². The molecule has 0 aliphatic carbocycles. The van der Waals surface area contributed by atoms with E-state index < -0.39 is 5.91 Å². The molecule has 0 aromatic heterocycles. The van der Waals surface area contributed by atoms with Crippen molar-refractivity contribution in [2.75, 3.05) is 11.5 Å². The summed E-state index contributed by atoms with van der Waals surface area (Å²) in [5.41, 5.74) is 1.97. The molecule has 35 heavy (non-hydrogen) atoms. The topological polar surface area (TPSA) is 55.8 Å². The Morgan fingerprint density at radius 1 is 0.943 bits per heavy atom. The van der Waals surface area contributed by atoms with Crippen molar-refractivity contribution in [3.8, 4) is 11.5 Å². The molecule has 3 aromatic rings. The van der Waals surface area contributed by atoms with Crippen LogP contribution in [0.4, 0.5) is 10.5 Å². The van der Waals surface area contributed by atoms with Gasteiger partial charge in [0.25, 0.3) is 11.1 Å². The number of halogens is 4. The van der Waals surface area contributed by atoms with E-state index in [1.165, 1.54) is 0 Å². The Balaban J connectivity index is 1.59. The Morgan fingerprint density at radius 2 is 1.66 bits per heavy atom. The molecule has 4 rings (SSSR count).